The summed E-state index contributed by atoms with van der Waals surface area (Å²) < 4.78 is 0. The van der Waals surface area contributed by atoms with E-state index in [-0.39, 0.29) is 0 Å². The van der Waals surface area contributed by atoms with Crippen LogP contribution in [-0.2, 0) is 0 Å². The van der Waals surface area contributed by atoms with Gasteiger partial charge in [-0.05, 0) is 35.6 Å². The Bertz CT molecular complexity index is 524. The SMILES string of the molecule is CCC(NCC(C)c1ccccc1)c1cccc(Cl)c1. The molecule has 0 radical (unpaired) electrons. The second-order valence-electron chi connectivity index (χ2n) is 5.24. The third-order valence-corrected chi connectivity index (χ3v) is 3.93. The molecule has 0 heterocycles. The van der Waals surface area contributed by atoms with E-state index in [1.165, 1.54) is 11.1 Å². The zero-order chi connectivity index (χ0) is 14.4. The van der Waals surface area contributed by atoms with Gasteiger partial charge in [0.15, 0.2) is 0 Å². The topological polar surface area (TPSA) is 12.0 Å². The highest BCUT2D eigenvalue weighted by Crippen LogP contribution is 2.22. The monoisotopic (exact) mass is 287 g/mol. The first-order chi connectivity index (χ1) is 9.70. The molecule has 20 heavy (non-hydrogen) atoms. The zero-order valence-electron chi connectivity index (χ0n) is 12.1. The van der Waals surface area contributed by atoms with Crippen LogP contribution in [0.5, 0.6) is 0 Å². The summed E-state index contributed by atoms with van der Waals surface area (Å²) in [5.74, 6) is 0.504. The molecule has 2 unspecified atom stereocenters. The van der Waals surface area contributed by atoms with E-state index < -0.39 is 0 Å². The van der Waals surface area contributed by atoms with Gasteiger partial charge in [-0.25, -0.2) is 0 Å². The summed E-state index contributed by atoms with van der Waals surface area (Å²) in [4.78, 5) is 0. The quantitative estimate of drug-likeness (QED) is 0.771. The summed E-state index contributed by atoms with van der Waals surface area (Å²) in [6.45, 7) is 5.42. The highest BCUT2D eigenvalue weighted by atomic mass is 35.5. The average molecular weight is 288 g/mol. The summed E-state index contributed by atoms with van der Waals surface area (Å²) in [6, 6.07) is 19.1. The molecule has 106 valence electrons. The molecule has 2 atom stereocenters. The number of hydrogen-bond donors (Lipinski definition) is 1. The van der Waals surface area contributed by atoms with Gasteiger partial charge in [0, 0.05) is 17.6 Å². The number of rotatable bonds is 6. The van der Waals surface area contributed by atoms with E-state index in [2.05, 4.69) is 61.6 Å². The van der Waals surface area contributed by atoms with E-state index in [0.717, 1.165) is 18.0 Å². The fourth-order valence-electron chi connectivity index (χ4n) is 2.44. The molecule has 0 spiro atoms. The maximum atomic E-state index is 6.08. The summed E-state index contributed by atoms with van der Waals surface area (Å²) in [7, 11) is 0. The Balaban J connectivity index is 1.97. The number of benzene rings is 2. The van der Waals surface area contributed by atoms with Gasteiger partial charge in [0.1, 0.15) is 0 Å². The highest BCUT2D eigenvalue weighted by molar-refractivity contribution is 6.30. The van der Waals surface area contributed by atoms with Crippen molar-refractivity contribution in [2.75, 3.05) is 6.54 Å². The van der Waals surface area contributed by atoms with Gasteiger partial charge in [-0.3, -0.25) is 0 Å². The molecule has 2 rings (SSSR count). The molecule has 2 aromatic rings. The Labute approximate surface area is 127 Å². The first-order valence-corrected chi connectivity index (χ1v) is 7.62. The molecule has 1 nitrogen and oxygen atoms in total. The van der Waals surface area contributed by atoms with Gasteiger partial charge in [-0.15, -0.1) is 0 Å². The minimum atomic E-state index is 0.361. The Morgan fingerprint density at radius 1 is 1.00 bits per heavy atom. The van der Waals surface area contributed by atoms with E-state index >= 15 is 0 Å². The van der Waals surface area contributed by atoms with Gasteiger partial charge < -0.3 is 5.32 Å². The molecule has 0 aliphatic carbocycles. The second kappa shape index (κ2) is 7.47. The van der Waals surface area contributed by atoms with Crippen LogP contribution < -0.4 is 5.32 Å². The van der Waals surface area contributed by atoms with Crippen LogP contribution in [0, 0.1) is 0 Å². The van der Waals surface area contributed by atoms with Crippen LogP contribution in [0.3, 0.4) is 0 Å². The summed E-state index contributed by atoms with van der Waals surface area (Å²) in [5.41, 5.74) is 2.64. The fourth-order valence-corrected chi connectivity index (χ4v) is 2.64. The van der Waals surface area contributed by atoms with Crippen molar-refractivity contribution in [1.82, 2.24) is 5.32 Å². The first-order valence-electron chi connectivity index (χ1n) is 7.24. The molecule has 0 aliphatic rings. The van der Waals surface area contributed by atoms with Crippen LogP contribution in [0.1, 0.15) is 43.4 Å². The van der Waals surface area contributed by atoms with Crippen molar-refractivity contribution in [2.24, 2.45) is 0 Å². The van der Waals surface area contributed by atoms with Gasteiger partial charge in [0.2, 0.25) is 0 Å². The van der Waals surface area contributed by atoms with Gasteiger partial charge in [-0.1, -0.05) is 67.9 Å². The standard InChI is InChI=1S/C18H22ClN/c1-3-18(16-10-7-11-17(19)12-16)20-13-14(2)15-8-5-4-6-9-15/h4-12,14,18,20H,3,13H2,1-2H3. The van der Waals surface area contributed by atoms with Crippen LogP contribution in [0.15, 0.2) is 54.6 Å². The molecule has 0 bridgehead atoms. The Kier molecular flexibility index (Phi) is 5.63. The number of nitrogens with one attached hydrogen (secondary N) is 1. The minimum absolute atomic E-state index is 0.361. The Morgan fingerprint density at radius 3 is 2.35 bits per heavy atom. The molecule has 2 heteroatoms. The molecule has 0 aromatic heterocycles. The smallest absolute Gasteiger partial charge is 0.0409 e. The lowest BCUT2D eigenvalue weighted by Gasteiger charge is -2.21. The van der Waals surface area contributed by atoms with Crippen molar-refractivity contribution in [1.29, 1.82) is 0 Å². The van der Waals surface area contributed by atoms with Crippen molar-refractivity contribution >= 4 is 11.6 Å². The third kappa shape index (κ3) is 4.09. The molecule has 2 aromatic carbocycles. The van der Waals surface area contributed by atoms with Gasteiger partial charge in [0.05, 0.1) is 0 Å². The van der Waals surface area contributed by atoms with Gasteiger partial charge in [0.25, 0.3) is 0 Å². The summed E-state index contributed by atoms with van der Waals surface area (Å²) in [5, 5.41) is 4.46. The summed E-state index contributed by atoms with van der Waals surface area (Å²) >= 11 is 6.08. The van der Waals surface area contributed by atoms with E-state index in [0.29, 0.717) is 12.0 Å². The van der Waals surface area contributed by atoms with Crippen molar-refractivity contribution in [2.45, 2.75) is 32.2 Å². The van der Waals surface area contributed by atoms with Crippen molar-refractivity contribution in [3.8, 4) is 0 Å². The molecule has 0 fully saturated rings. The third-order valence-electron chi connectivity index (χ3n) is 3.70. The average Bonchev–Trinajstić information content (AvgIpc) is 2.48. The van der Waals surface area contributed by atoms with E-state index in [1.54, 1.807) is 0 Å². The van der Waals surface area contributed by atoms with Gasteiger partial charge in [-0.2, -0.15) is 0 Å². The van der Waals surface area contributed by atoms with Crippen molar-refractivity contribution in [3.05, 3.63) is 70.7 Å². The predicted octanol–water partition coefficient (Wildman–Crippen LogP) is 5.18. The first kappa shape index (κ1) is 15.1. The predicted molar refractivity (Wildman–Crippen MR) is 87.3 cm³/mol. The molecular weight excluding hydrogens is 266 g/mol. The maximum Gasteiger partial charge on any atom is 0.0409 e. The van der Waals surface area contributed by atoms with Crippen LogP contribution >= 0.6 is 11.6 Å². The highest BCUT2D eigenvalue weighted by Gasteiger charge is 2.11. The molecular formula is C18H22ClN. The lowest BCUT2D eigenvalue weighted by molar-refractivity contribution is 0.495. The molecule has 1 N–H and O–H groups in total. The lowest BCUT2D eigenvalue weighted by atomic mass is 9.99. The van der Waals surface area contributed by atoms with Crippen LogP contribution in [0.4, 0.5) is 0 Å². The second-order valence-corrected chi connectivity index (χ2v) is 5.67. The van der Waals surface area contributed by atoms with Crippen LogP contribution in [-0.4, -0.2) is 6.54 Å². The number of halogens is 1. The van der Waals surface area contributed by atoms with Gasteiger partial charge >= 0.3 is 0 Å². The number of hydrogen-bond acceptors (Lipinski definition) is 1. The van der Waals surface area contributed by atoms with E-state index in [9.17, 15) is 0 Å². The minimum Gasteiger partial charge on any atom is -0.309 e. The molecule has 0 saturated heterocycles. The van der Waals surface area contributed by atoms with Crippen molar-refractivity contribution in [3.63, 3.8) is 0 Å². The zero-order valence-corrected chi connectivity index (χ0v) is 12.9. The normalized spacial score (nSPS) is 13.9. The van der Waals surface area contributed by atoms with E-state index in [4.69, 9.17) is 11.6 Å². The van der Waals surface area contributed by atoms with Crippen LogP contribution in [0.25, 0.3) is 0 Å². The Morgan fingerprint density at radius 2 is 1.70 bits per heavy atom. The molecule has 0 aliphatic heterocycles. The molecule has 0 saturated carbocycles. The largest absolute Gasteiger partial charge is 0.309 e. The fraction of sp³-hybridized carbons (Fsp3) is 0.333. The lowest BCUT2D eigenvalue weighted by Crippen LogP contribution is -2.25. The van der Waals surface area contributed by atoms with Crippen molar-refractivity contribution < 1.29 is 0 Å². The molecule has 0 amide bonds. The Hall–Kier alpha value is -1.31. The van der Waals surface area contributed by atoms with Crippen LogP contribution in [0.2, 0.25) is 5.02 Å². The summed E-state index contributed by atoms with van der Waals surface area (Å²) in [6.07, 6.45) is 1.06. The van der Waals surface area contributed by atoms with E-state index in [1.807, 2.05) is 12.1 Å². The maximum absolute atomic E-state index is 6.08.